The largest absolute Gasteiger partial charge is 0.454 e. The first kappa shape index (κ1) is 18.6. The molecular weight excluding hydrogens is 408 g/mol. The normalized spacial score (nSPS) is 14.5. The molecule has 0 unspecified atom stereocenters. The summed E-state index contributed by atoms with van der Waals surface area (Å²) in [7, 11) is 0. The maximum Gasteiger partial charge on any atom is 0.289 e. The Morgan fingerprint density at radius 1 is 1.06 bits per heavy atom. The number of amides is 1. The summed E-state index contributed by atoms with van der Waals surface area (Å²) in [5.74, 6) is 1.76. The van der Waals surface area contributed by atoms with E-state index in [2.05, 4.69) is 25.7 Å². The minimum Gasteiger partial charge on any atom is -0.454 e. The molecule has 9 nitrogen and oxygen atoms in total. The minimum atomic E-state index is -0.357. The lowest BCUT2D eigenvalue weighted by Crippen LogP contribution is -2.25. The van der Waals surface area contributed by atoms with Crippen LogP contribution in [0.5, 0.6) is 11.5 Å². The van der Waals surface area contributed by atoms with E-state index in [1.807, 2.05) is 48.5 Å². The molecule has 4 aromatic rings. The van der Waals surface area contributed by atoms with Crippen molar-refractivity contribution in [3.63, 3.8) is 0 Å². The fourth-order valence-corrected chi connectivity index (χ4v) is 3.61. The van der Waals surface area contributed by atoms with Crippen LogP contribution in [0.2, 0.25) is 0 Å². The van der Waals surface area contributed by atoms with E-state index in [4.69, 9.17) is 9.47 Å². The van der Waals surface area contributed by atoms with Crippen LogP contribution in [0.4, 0.5) is 5.82 Å². The van der Waals surface area contributed by atoms with Crippen LogP contribution in [0.3, 0.4) is 0 Å². The molecule has 2 aliphatic rings. The number of rotatable bonds is 6. The molecule has 1 amide bonds. The Bertz CT molecular complexity index is 1320. The second kappa shape index (κ2) is 7.52. The molecule has 6 rings (SSSR count). The van der Waals surface area contributed by atoms with Crippen LogP contribution in [0.25, 0.3) is 16.7 Å². The van der Waals surface area contributed by atoms with Gasteiger partial charge < -0.3 is 20.1 Å². The van der Waals surface area contributed by atoms with Crippen molar-refractivity contribution in [1.29, 1.82) is 0 Å². The minimum absolute atomic E-state index is 0.0964. The molecule has 1 aliphatic heterocycles. The molecular formula is C23H20N6O3. The SMILES string of the molecule is O=C(NCc1ccc2c(c1)OCO2)c1nc(NC2CC2)c2cnn(-c3ccccc3)c2n1. The molecule has 2 aromatic heterocycles. The number of anilines is 1. The third kappa shape index (κ3) is 3.47. The van der Waals surface area contributed by atoms with E-state index in [0.29, 0.717) is 35.6 Å². The standard InChI is InChI=1S/C23H20N6O3/c30-23(24-11-14-6-9-18-19(10-14)32-13-31-18)21-27-20(26-15-7-8-15)17-12-25-29(22(17)28-21)16-4-2-1-3-5-16/h1-6,9-10,12,15H,7-8,11,13H2,(H,24,30)(H,26,27,28). The van der Waals surface area contributed by atoms with Gasteiger partial charge in [0.15, 0.2) is 17.1 Å². The highest BCUT2D eigenvalue weighted by Gasteiger charge is 2.25. The van der Waals surface area contributed by atoms with Crippen LogP contribution in [0.1, 0.15) is 29.0 Å². The van der Waals surface area contributed by atoms with Crippen molar-refractivity contribution >= 4 is 22.8 Å². The first-order valence-corrected chi connectivity index (χ1v) is 10.5. The summed E-state index contributed by atoms with van der Waals surface area (Å²) in [4.78, 5) is 22.1. The Labute approximate surface area is 183 Å². The summed E-state index contributed by atoms with van der Waals surface area (Å²) in [6.45, 7) is 0.533. The van der Waals surface area contributed by atoms with Crippen LogP contribution in [-0.2, 0) is 6.54 Å². The molecule has 9 heteroatoms. The van der Waals surface area contributed by atoms with Gasteiger partial charge in [0.1, 0.15) is 5.82 Å². The Morgan fingerprint density at radius 2 is 1.91 bits per heavy atom. The third-order valence-electron chi connectivity index (χ3n) is 5.44. The molecule has 2 aromatic carbocycles. The maximum atomic E-state index is 13.0. The number of carbonyl (C=O) groups is 1. The summed E-state index contributed by atoms with van der Waals surface area (Å²) < 4.78 is 12.5. The number of carbonyl (C=O) groups excluding carboxylic acids is 1. The molecule has 1 aliphatic carbocycles. The predicted octanol–water partition coefficient (Wildman–Crippen LogP) is 3.05. The number of para-hydroxylation sites is 1. The molecule has 3 heterocycles. The Morgan fingerprint density at radius 3 is 2.75 bits per heavy atom. The Kier molecular flexibility index (Phi) is 4.38. The average molecular weight is 428 g/mol. The van der Waals surface area contributed by atoms with Gasteiger partial charge in [-0.05, 0) is 42.7 Å². The first-order chi connectivity index (χ1) is 15.7. The van der Waals surface area contributed by atoms with E-state index in [0.717, 1.165) is 29.5 Å². The number of hydrogen-bond acceptors (Lipinski definition) is 7. The number of nitrogens with zero attached hydrogens (tertiary/aromatic N) is 4. The highest BCUT2D eigenvalue weighted by atomic mass is 16.7. The van der Waals surface area contributed by atoms with Crippen molar-refractivity contribution in [3.8, 4) is 17.2 Å². The quantitative estimate of drug-likeness (QED) is 0.486. The second-order valence-electron chi connectivity index (χ2n) is 7.81. The number of ether oxygens (including phenoxy) is 2. The topological polar surface area (TPSA) is 103 Å². The molecule has 0 radical (unpaired) electrons. The molecule has 0 saturated heterocycles. The zero-order valence-electron chi connectivity index (χ0n) is 17.1. The summed E-state index contributed by atoms with van der Waals surface area (Å²) >= 11 is 0. The smallest absolute Gasteiger partial charge is 0.289 e. The molecule has 0 atom stereocenters. The van der Waals surface area contributed by atoms with E-state index < -0.39 is 0 Å². The average Bonchev–Trinajstić information content (AvgIpc) is 3.34. The lowest BCUT2D eigenvalue weighted by atomic mass is 10.2. The first-order valence-electron chi connectivity index (χ1n) is 10.5. The second-order valence-corrected chi connectivity index (χ2v) is 7.81. The lowest BCUT2D eigenvalue weighted by molar-refractivity contribution is 0.0941. The van der Waals surface area contributed by atoms with E-state index >= 15 is 0 Å². The van der Waals surface area contributed by atoms with Crippen LogP contribution < -0.4 is 20.1 Å². The Hall–Kier alpha value is -4.14. The molecule has 160 valence electrons. The molecule has 0 bridgehead atoms. The van der Waals surface area contributed by atoms with E-state index in [1.54, 1.807) is 10.9 Å². The van der Waals surface area contributed by atoms with Crippen LogP contribution in [-0.4, -0.2) is 38.5 Å². The number of fused-ring (bicyclic) bond motifs is 2. The van der Waals surface area contributed by atoms with Gasteiger partial charge in [-0.1, -0.05) is 24.3 Å². The van der Waals surface area contributed by atoms with E-state index in [-0.39, 0.29) is 18.5 Å². The molecule has 0 spiro atoms. The summed E-state index contributed by atoms with van der Waals surface area (Å²) in [5.41, 5.74) is 2.35. The van der Waals surface area contributed by atoms with Crippen LogP contribution >= 0.6 is 0 Å². The fourth-order valence-electron chi connectivity index (χ4n) is 3.61. The van der Waals surface area contributed by atoms with Gasteiger partial charge in [-0.25, -0.2) is 14.6 Å². The zero-order chi connectivity index (χ0) is 21.5. The Balaban J connectivity index is 1.31. The molecule has 1 fully saturated rings. The van der Waals surface area contributed by atoms with Crippen molar-refractivity contribution in [1.82, 2.24) is 25.1 Å². The number of aromatic nitrogens is 4. The van der Waals surface area contributed by atoms with Gasteiger partial charge in [-0.2, -0.15) is 5.10 Å². The van der Waals surface area contributed by atoms with Crippen molar-refractivity contribution in [2.75, 3.05) is 12.1 Å². The van der Waals surface area contributed by atoms with E-state index in [9.17, 15) is 4.79 Å². The van der Waals surface area contributed by atoms with Gasteiger partial charge in [0.25, 0.3) is 5.91 Å². The number of hydrogen-bond donors (Lipinski definition) is 2. The number of benzene rings is 2. The maximum absolute atomic E-state index is 13.0. The molecule has 2 N–H and O–H groups in total. The van der Waals surface area contributed by atoms with Crippen molar-refractivity contribution in [3.05, 3.63) is 66.1 Å². The zero-order valence-corrected chi connectivity index (χ0v) is 17.1. The van der Waals surface area contributed by atoms with Gasteiger partial charge in [0.05, 0.1) is 17.3 Å². The summed E-state index contributed by atoms with van der Waals surface area (Å²) in [6, 6.07) is 15.7. The summed E-state index contributed by atoms with van der Waals surface area (Å²) in [5, 5.41) is 11.6. The highest BCUT2D eigenvalue weighted by molar-refractivity contribution is 5.95. The molecule has 32 heavy (non-hydrogen) atoms. The van der Waals surface area contributed by atoms with Crippen molar-refractivity contribution < 1.29 is 14.3 Å². The van der Waals surface area contributed by atoms with Crippen molar-refractivity contribution in [2.45, 2.75) is 25.4 Å². The van der Waals surface area contributed by atoms with Gasteiger partial charge in [-0.15, -0.1) is 0 Å². The monoisotopic (exact) mass is 428 g/mol. The molecule has 1 saturated carbocycles. The van der Waals surface area contributed by atoms with Crippen LogP contribution in [0.15, 0.2) is 54.7 Å². The predicted molar refractivity (Wildman–Crippen MR) is 117 cm³/mol. The van der Waals surface area contributed by atoms with Gasteiger partial charge in [0, 0.05) is 12.6 Å². The van der Waals surface area contributed by atoms with Crippen LogP contribution in [0, 0.1) is 0 Å². The van der Waals surface area contributed by atoms with Gasteiger partial charge in [0.2, 0.25) is 12.6 Å². The summed E-state index contributed by atoms with van der Waals surface area (Å²) in [6.07, 6.45) is 3.91. The van der Waals surface area contributed by atoms with Gasteiger partial charge in [-0.3, -0.25) is 4.79 Å². The lowest BCUT2D eigenvalue weighted by Gasteiger charge is -2.10. The fraction of sp³-hybridized carbons (Fsp3) is 0.217. The highest BCUT2D eigenvalue weighted by Crippen LogP contribution is 2.32. The third-order valence-corrected chi connectivity index (χ3v) is 5.44. The van der Waals surface area contributed by atoms with Crippen molar-refractivity contribution in [2.24, 2.45) is 0 Å². The van der Waals surface area contributed by atoms with E-state index in [1.165, 1.54) is 0 Å². The van der Waals surface area contributed by atoms with Gasteiger partial charge >= 0.3 is 0 Å². The number of nitrogens with one attached hydrogen (secondary N) is 2.